The summed E-state index contributed by atoms with van der Waals surface area (Å²) in [7, 11) is -1.13. The molecule has 0 spiro atoms. The second-order valence-corrected chi connectivity index (χ2v) is 14.5. The highest BCUT2D eigenvalue weighted by Crippen LogP contribution is 2.60. The number of rotatable bonds is 6. The number of nitrogens with zero attached hydrogens (tertiary/aromatic N) is 2. The number of aromatic amines is 1. The predicted octanol–water partition coefficient (Wildman–Crippen LogP) is 4.85. The van der Waals surface area contributed by atoms with Gasteiger partial charge in [0.2, 0.25) is 5.91 Å². The van der Waals surface area contributed by atoms with E-state index in [4.69, 9.17) is 0 Å². The zero-order valence-corrected chi connectivity index (χ0v) is 20.8. The molecule has 1 aromatic heterocycles. The van der Waals surface area contributed by atoms with Gasteiger partial charge < -0.3 is 20.3 Å². The van der Waals surface area contributed by atoms with E-state index >= 15 is 0 Å². The van der Waals surface area contributed by atoms with Crippen LogP contribution in [0.1, 0.15) is 44.4 Å². The van der Waals surface area contributed by atoms with Crippen LogP contribution in [0.4, 0.5) is 25.1 Å². The van der Waals surface area contributed by atoms with Gasteiger partial charge in [-0.1, -0.05) is 12.1 Å². The van der Waals surface area contributed by atoms with E-state index in [0.29, 0.717) is 5.82 Å². The maximum atomic E-state index is 13.3. The molecular weight excluding hydrogens is 464 g/mol. The smallest absolute Gasteiger partial charge is 0.387 e. The van der Waals surface area contributed by atoms with Crippen LogP contribution in [-0.4, -0.2) is 57.2 Å². The number of para-hydroxylation sites is 2. The molecule has 1 aliphatic heterocycles. The Bertz CT molecular complexity index is 1110. The fourth-order valence-corrected chi connectivity index (χ4v) is 6.85. The number of benzene rings is 1. The van der Waals surface area contributed by atoms with E-state index in [0.717, 1.165) is 30.5 Å². The van der Waals surface area contributed by atoms with Gasteiger partial charge in [0.1, 0.15) is 5.75 Å². The van der Waals surface area contributed by atoms with Crippen LogP contribution in [-0.2, 0) is 16.9 Å². The molecule has 3 N–H and O–H groups in total. The van der Waals surface area contributed by atoms with Gasteiger partial charge in [-0.15, -0.1) is 0 Å². The number of aromatic nitrogens is 2. The van der Waals surface area contributed by atoms with Crippen LogP contribution in [0.2, 0.25) is 0 Å². The van der Waals surface area contributed by atoms with Gasteiger partial charge in [-0.05, 0) is 64.0 Å². The summed E-state index contributed by atoms with van der Waals surface area (Å²) in [6.45, 7) is 0.910. The van der Waals surface area contributed by atoms with Crippen molar-refractivity contribution in [3.8, 4) is 5.75 Å². The van der Waals surface area contributed by atoms with Crippen molar-refractivity contribution in [3.63, 3.8) is 0 Å². The van der Waals surface area contributed by atoms with Crippen molar-refractivity contribution >= 4 is 33.5 Å². The van der Waals surface area contributed by atoms with Crippen LogP contribution in [0.15, 0.2) is 24.3 Å². The quantitative estimate of drug-likeness (QED) is 0.534. The topological polar surface area (TPSA) is 99.4 Å². The Kier molecular flexibility index (Phi) is 6.03. The first-order valence-electron chi connectivity index (χ1n) is 11.1. The average Bonchev–Trinajstić information content (AvgIpc) is 3.19. The summed E-state index contributed by atoms with van der Waals surface area (Å²) in [4.78, 5) is 28.0. The molecule has 2 heterocycles. The zero-order valence-electron chi connectivity index (χ0n) is 20.0. The molecule has 0 radical (unpaired) electrons. The molecule has 2 aliphatic rings. The van der Waals surface area contributed by atoms with Gasteiger partial charge in [-0.3, -0.25) is 9.89 Å². The van der Waals surface area contributed by atoms with E-state index in [2.05, 4.69) is 44.3 Å². The van der Waals surface area contributed by atoms with Gasteiger partial charge in [0.25, 0.3) is 0 Å². The van der Waals surface area contributed by atoms with Gasteiger partial charge in [0, 0.05) is 5.56 Å². The fourth-order valence-electron chi connectivity index (χ4n) is 4.73. The van der Waals surface area contributed by atoms with Gasteiger partial charge in [-0.2, -0.15) is 13.9 Å². The Morgan fingerprint density at radius 2 is 1.85 bits per heavy atom. The normalized spacial score (nSPS) is 18.8. The molecule has 34 heavy (non-hydrogen) atoms. The SMILES string of the molecule is CC1(C)c2[nH]nc(NC(=O)C3(S(C)(C)C)CCC3)c2CN1C(=O)Nc1ccccc1OC(F)F. The van der Waals surface area contributed by atoms with Crippen LogP contribution in [0, 0.1) is 0 Å². The number of fused-ring (bicyclic) bond motifs is 1. The lowest BCUT2D eigenvalue weighted by Gasteiger charge is -2.53. The van der Waals surface area contributed by atoms with Crippen molar-refractivity contribution in [2.75, 3.05) is 29.4 Å². The summed E-state index contributed by atoms with van der Waals surface area (Å²) in [6, 6.07) is 5.55. The molecule has 8 nitrogen and oxygen atoms in total. The fraction of sp³-hybridized carbons (Fsp3) is 0.522. The minimum atomic E-state index is -3.01. The lowest BCUT2D eigenvalue weighted by Crippen LogP contribution is -2.51. The third-order valence-electron chi connectivity index (χ3n) is 7.04. The van der Waals surface area contributed by atoms with Crippen LogP contribution in [0.5, 0.6) is 5.75 Å². The highest BCUT2D eigenvalue weighted by atomic mass is 32.3. The van der Waals surface area contributed by atoms with E-state index < -0.39 is 28.2 Å². The summed E-state index contributed by atoms with van der Waals surface area (Å²) in [5.41, 5.74) is 0.841. The highest BCUT2D eigenvalue weighted by Gasteiger charge is 2.51. The van der Waals surface area contributed by atoms with E-state index in [1.165, 1.54) is 12.1 Å². The Morgan fingerprint density at radius 3 is 2.44 bits per heavy atom. The molecule has 1 aliphatic carbocycles. The monoisotopic (exact) mass is 495 g/mol. The number of carbonyl (C=O) groups excluding carboxylic acids is 2. The summed E-state index contributed by atoms with van der Waals surface area (Å²) >= 11 is 0. The summed E-state index contributed by atoms with van der Waals surface area (Å²) in [5.74, 6) is 0.292. The first-order chi connectivity index (χ1) is 15.9. The van der Waals surface area contributed by atoms with Crippen molar-refractivity contribution in [2.45, 2.75) is 56.6 Å². The number of carbonyl (C=O) groups is 2. The number of alkyl halides is 2. The van der Waals surface area contributed by atoms with Crippen molar-refractivity contribution in [1.29, 1.82) is 0 Å². The second-order valence-electron chi connectivity index (χ2n) is 10.0. The minimum Gasteiger partial charge on any atom is -0.433 e. The molecule has 0 saturated heterocycles. The Morgan fingerprint density at radius 1 is 1.18 bits per heavy atom. The first-order valence-corrected chi connectivity index (χ1v) is 13.9. The van der Waals surface area contributed by atoms with Gasteiger partial charge >= 0.3 is 12.6 Å². The standard InChI is InChI=1S/C23H31F2N5O3S/c1-22(2)17-14(18(29-28-17)27-19(31)23(11-8-12-23)34(3,4)5)13-30(22)21(32)26-15-9-6-7-10-16(15)33-20(24)25/h6-7,9-10,20H,8,11-13H2,1-5H3,(H,26,32)(H2,27,28,29,31). The third-order valence-corrected chi connectivity index (χ3v) is 9.98. The Hall–Kier alpha value is -2.82. The molecule has 4 rings (SSSR count). The number of urea groups is 1. The van der Waals surface area contributed by atoms with Crippen LogP contribution < -0.4 is 15.4 Å². The minimum absolute atomic E-state index is 0.0191. The molecule has 1 fully saturated rings. The molecular formula is C23H31F2N5O3S. The summed E-state index contributed by atoms with van der Waals surface area (Å²) < 4.78 is 29.6. The van der Waals surface area contributed by atoms with Crippen LogP contribution in [0.3, 0.4) is 0 Å². The Labute approximate surface area is 199 Å². The number of H-pyrrole nitrogens is 1. The molecule has 0 atom stereocenters. The maximum absolute atomic E-state index is 13.3. The third kappa shape index (κ3) is 3.99. The highest BCUT2D eigenvalue weighted by molar-refractivity contribution is 8.33. The molecule has 1 aromatic carbocycles. The van der Waals surface area contributed by atoms with E-state index in [-0.39, 0.29) is 28.6 Å². The molecule has 186 valence electrons. The zero-order chi connectivity index (χ0) is 24.9. The van der Waals surface area contributed by atoms with E-state index in [9.17, 15) is 18.4 Å². The van der Waals surface area contributed by atoms with Crippen LogP contribution in [0.25, 0.3) is 0 Å². The predicted molar refractivity (Wildman–Crippen MR) is 130 cm³/mol. The largest absolute Gasteiger partial charge is 0.433 e. The van der Waals surface area contributed by atoms with Gasteiger partial charge in [-0.25, -0.2) is 14.8 Å². The molecule has 0 unspecified atom stereocenters. The lowest BCUT2D eigenvalue weighted by molar-refractivity contribution is -0.120. The second kappa shape index (κ2) is 8.44. The van der Waals surface area contributed by atoms with Crippen molar-refractivity contribution in [2.24, 2.45) is 0 Å². The number of halogens is 2. The summed E-state index contributed by atoms with van der Waals surface area (Å²) in [5, 5.41) is 13.0. The summed E-state index contributed by atoms with van der Waals surface area (Å²) in [6.07, 6.45) is 9.24. The first kappa shape index (κ1) is 24.3. The molecule has 2 aromatic rings. The number of hydrogen-bond acceptors (Lipinski definition) is 4. The number of amides is 3. The number of nitrogens with one attached hydrogen (secondary N) is 3. The van der Waals surface area contributed by atoms with Gasteiger partial charge in [0.15, 0.2) is 5.82 Å². The van der Waals surface area contributed by atoms with Gasteiger partial charge in [0.05, 0.1) is 28.2 Å². The maximum Gasteiger partial charge on any atom is 0.387 e. The molecule has 11 heteroatoms. The molecule has 0 bridgehead atoms. The van der Waals surface area contributed by atoms with Crippen LogP contribution >= 0.6 is 10.0 Å². The van der Waals surface area contributed by atoms with Crippen molar-refractivity contribution in [3.05, 3.63) is 35.5 Å². The number of ether oxygens (including phenoxy) is 1. The average molecular weight is 496 g/mol. The Balaban J connectivity index is 1.53. The number of anilines is 2. The lowest BCUT2D eigenvalue weighted by atomic mass is 9.83. The number of hydrogen-bond donors (Lipinski definition) is 3. The van der Waals surface area contributed by atoms with E-state index in [1.807, 2.05) is 13.8 Å². The van der Waals surface area contributed by atoms with E-state index in [1.54, 1.807) is 17.0 Å². The van der Waals surface area contributed by atoms with Crippen molar-refractivity contribution in [1.82, 2.24) is 15.1 Å². The van der Waals surface area contributed by atoms with Crippen molar-refractivity contribution < 1.29 is 23.1 Å². The molecule has 3 amide bonds. The molecule has 1 saturated carbocycles.